The minimum atomic E-state index is -0.212. The largest absolute Gasteiger partial charge is 0.357 e. The van der Waals surface area contributed by atoms with Crippen LogP contribution in [0.25, 0.3) is 0 Å². The Morgan fingerprint density at radius 3 is 2.24 bits per heavy atom. The van der Waals surface area contributed by atoms with Crippen LogP contribution in [0.4, 0.5) is 5.69 Å². The molecule has 0 saturated heterocycles. The monoisotopic (exact) mass is 356 g/mol. The van der Waals surface area contributed by atoms with E-state index in [1.54, 1.807) is 24.3 Å². The van der Waals surface area contributed by atoms with Crippen molar-refractivity contribution in [1.29, 1.82) is 0 Å². The molecule has 2 aromatic carbocycles. The number of nitrogens with one attached hydrogen (secondary N) is 4. The molecule has 7 heteroatoms. The van der Waals surface area contributed by atoms with Crippen LogP contribution in [0.5, 0.6) is 0 Å². The van der Waals surface area contributed by atoms with Crippen LogP contribution in [-0.2, 0) is 22.6 Å². The van der Waals surface area contributed by atoms with E-state index < -0.39 is 0 Å². The van der Waals surface area contributed by atoms with Gasteiger partial charge in [0.15, 0.2) is 5.11 Å². The molecule has 0 fully saturated rings. The van der Waals surface area contributed by atoms with Crippen molar-refractivity contribution in [2.24, 2.45) is 0 Å². The summed E-state index contributed by atoms with van der Waals surface area (Å²) in [5.74, 6) is -0.345. The number of carbonyl (C=O) groups is 2. The van der Waals surface area contributed by atoms with Gasteiger partial charge >= 0.3 is 0 Å². The van der Waals surface area contributed by atoms with E-state index >= 15 is 0 Å². The standard InChI is InChI=1S/C18H20N4O2S/c1-13(23)20-16-9-7-14(8-10-16)11-17(24)21-22-18(25)19-12-15-5-3-2-4-6-15/h2-10H,11-12H2,1H3,(H,20,23)(H,21,24)(H2,19,22,25). The van der Waals surface area contributed by atoms with Gasteiger partial charge in [0.25, 0.3) is 0 Å². The molecule has 2 aromatic rings. The molecule has 2 rings (SSSR count). The molecule has 0 aromatic heterocycles. The van der Waals surface area contributed by atoms with Gasteiger partial charge < -0.3 is 10.6 Å². The van der Waals surface area contributed by atoms with Crippen LogP contribution >= 0.6 is 12.2 Å². The van der Waals surface area contributed by atoms with Gasteiger partial charge in [0.1, 0.15) is 0 Å². The van der Waals surface area contributed by atoms with Crippen LogP contribution in [0.2, 0.25) is 0 Å². The zero-order valence-electron chi connectivity index (χ0n) is 13.8. The molecule has 0 aliphatic rings. The average molecular weight is 356 g/mol. The third-order valence-corrected chi connectivity index (χ3v) is 3.50. The van der Waals surface area contributed by atoms with Crippen molar-refractivity contribution in [1.82, 2.24) is 16.2 Å². The van der Waals surface area contributed by atoms with Crippen molar-refractivity contribution in [3.05, 3.63) is 65.7 Å². The number of carbonyl (C=O) groups excluding carboxylic acids is 2. The number of hydrazine groups is 1. The maximum absolute atomic E-state index is 11.9. The number of amides is 2. The summed E-state index contributed by atoms with van der Waals surface area (Å²) < 4.78 is 0. The summed E-state index contributed by atoms with van der Waals surface area (Å²) in [5.41, 5.74) is 7.85. The Bertz CT molecular complexity index is 733. The quantitative estimate of drug-likeness (QED) is 0.486. The fourth-order valence-corrected chi connectivity index (χ4v) is 2.21. The summed E-state index contributed by atoms with van der Waals surface area (Å²) >= 11 is 5.12. The first kappa shape index (κ1) is 18.4. The molecular formula is C18H20N4O2S. The Morgan fingerprint density at radius 1 is 0.920 bits per heavy atom. The summed E-state index contributed by atoms with van der Waals surface area (Å²) in [5, 5.41) is 6.03. The summed E-state index contributed by atoms with van der Waals surface area (Å²) in [4.78, 5) is 22.9. The van der Waals surface area contributed by atoms with Gasteiger partial charge in [0.05, 0.1) is 6.42 Å². The Morgan fingerprint density at radius 2 is 1.60 bits per heavy atom. The maximum atomic E-state index is 11.9. The van der Waals surface area contributed by atoms with Crippen LogP contribution in [0.1, 0.15) is 18.1 Å². The predicted octanol–water partition coefficient (Wildman–Crippen LogP) is 1.88. The molecule has 0 heterocycles. The van der Waals surface area contributed by atoms with Crippen molar-refractivity contribution >= 4 is 34.8 Å². The lowest BCUT2D eigenvalue weighted by Gasteiger charge is -2.12. The smallest absolute Gasteiger partial charge is 0.242 e. The van der Waals surface area contributed by atoms with Crippen molar-refractivity contribution < 1.29 is 9.59 Å². The normalized spacial score (nSPS) is 9.80. The fraction of sp³-hybridized carbons (Fsp3) is 0.167. The number of hydrogen-bond acceptors (Lipinski definition) is 3. The van der Waals surface area contributed by atoms with Gasteiger partial charge in [-0.25, -0.2) is 0 Å². The van der Waals surface area contributed by atoms with Crippen LogP contribution in [0, 0.1) is 0 Å². The van der Waals surface area contributed by atoms with Gasteiger partial charge in [-0.15, -0.1) is 0 Å². The van der Waals surface area contributed by atoms with Crippen LogP contribution in [-0.4, -0.2) is 16.9 Å². The minimum Gasteiger partial charge on any atom is -0.357 e. The second-order valence-corrected chi connectivity index (χ2v) is 5.80. The lowest BCUT2D eigenvalue weighted by molar-refractivity contribution is -0.121. The molecule has 6 nitrogen and oxygen atoms in total. The molecule has 25 heavy (non-hydrogen) atoms. The van der Waals surface area contributed by atoms with Crippen molar-refractivity contribution in [3.63, 3.8) is 0 Å². The Labute approximate surface area is 152 Å². The number of thiocarbonyl (C=S) groups is 1. The first-order chi connectivity index (χ1) is 12.0. The highest BCUT2D eigenvalue weighted by molar-refractivity contribution is 7.80. The van der Waals surface area contributed by atoms with Crippen molar-refractivity contribution in [2.75, 3.05) is 5.32 Å². The minimum absolute atomic E-state index is 0.133. The summed E-state index contributed by atoms with van der Waals surface area (Å²) in [6.45, 7) is 2.02. The number of benzene rings is 2. The van der Waals surface area contributed by atoms with E-state index in [0.29, 0.717) is 17.3 Å². The van der Waals surface area contributed by atoms with Gasteiger partial charge in [-0.05, 0) is 35.5 Å². The SMILES string of the molecule is CC(=O)Nc1ccc(CC(=O)NNC(=S)NCc2ccccc2)cc1. The van der Waals surface area contributed by atoms with Gasteiger partial charge in [-0.3, -0.25) is 20.4 Å². The third-order valence-electron chi connectivity index (χ3n) is 3.25. The number of anilines is 1. The van der Waals surface area contributed by atoms with Crippen molar-refractivity contribution in [3.8, 4) is 0 Å². The van der Waals surface area contributed by atoms with Gasteiger partial charge in [0, 0.05) is 19.2 Å². The Balaban J connectivity index is 1.71. The Hall–Kier alpha value is -2.93. The molecule has 0 unspecified atom stereocenters. The fourth-order valence-electron chi connectivity index (χ4n) is 2.09. The molecular weight excluding hydrogens is 336 g/mol. The average Bonchev–Trinajstić information content (AvgIpc) is 2.60. The maximum Gasteiger partial charge on any atom is 0.242 e. The molecule has 130 valence electrons. The molecule has 0 saturated carbocycles. The van der Waals surface area contributed by atoms with E-state index in [4.69, 9.17) is 12.2 Å². The Kier molecular flexibility index (Phi) is 6.91. The second-order valence-electron chi connectivity index (χ2n) is 5.40. The van der Waals surface area contributed by atoms with E-state index in [-0.39, 0.29) is 18.2 Å². The van der Waals surface area contributed by atoms with Crippen LogP contribution < -0.4 is 21.5 Å². The van der Waals surface area contributed by atoms with E-state index in [9.17, 15) is 9.59 Å². The highest BCUT2D eigenvalue weighted by Gasteiger charge is 2.04. The highest BCUT2D eigenvalue weighted by Crippen LogP contribution is 2.09. The summed E-state index contributed by atoms with van der Waals surface area (Å²) in [7, 11) is 0. The topological polar surface area (TPSA) is 82.3 Å². The number of rotatable bonds is 5. The molecule has 0 aliphatic carbocycles. The van der Waals surface area contributed by atoms with Crippen molar-refractivity contribution in [2.45, 2.75) is 19.9 Å². The van der Waals surface area contributed by atoms with Gasteiger partial charge in [-0.1, -0.05) is 42.5 Å². The highest BCUT2D eigenvalue weighted by atomic mass is 32.1. The lowest BCUT2D eigenvalue weighted by Crippen LogP contribution is -2.47. The predicted molar refractivity (Wildman–Crippen MR) is 102 cm³/mol. The van der Waals surface area contributed by atoms with Crippen LogP contribution in [0.15, 0.2) is 54.6 Å². The third kappa shape index (κ3) is 7.01. The van der Waals surface area contributed by atoms with Gasteiger partial charge in [-0.2, -0.15) is 0 Å². The van der Waals surface area contributed by atoms with E-state index in [2.05, 4.69) is 21.5 Å². The molecule has 2 amide bonds. The summed E-state index contributed by atoms with van der Waals surface area (Å²) in [6.07, 6.45) is 0.203. The molecule has 0 atom stereocenters. The zero-order chi connectivity index (χ0) is 18.1. The van der Waals surface area contributed by atoms with E-state index in [0.717, 1.165) is 11.1 Å². The first-order valence-electron chi connectivity index (χ1n) is 7.76. The second kappa shape index (κ2) is 9.39. The van der Waals surface area contributed by atoms with E-state index in [1.807, 2.05) is 30.3 Å². The summed E-state index contributed by atoms with van der Waals surface area (Å²) in [6, 6.07) is 16.9. The van der Waals surface area contributed by atoms with E-state index in [1.165, 1.54) is 6.92 Å². The first-order valence-corrected chi connectivity index (χ1v) is 8.17. The van der Waals surface area contributed by atoms with Crippen LogP contribution in [0.3, 0.4) is 0 Å². The molecule has 4 N–H and O–H groups in total. The molecule has 0 aliphatic heterocycles. The zero-order valence-corrected chi connectivity index (χ0v) is 14.7. The lowest BCUT2D eigenvalue weighted by atomic mass is 10.1. The molecule has 0 radical (unpaired) electrons. The molecule has 0 spiro atoms. The number of hydrogen-bond donors (Lipinski definition) is 4. The molecule has 0 bridgehead atoms. The van der Waals surface area contributed by atoms with Gasteiger partial charge in [0.2, 0.25) is 11.8 Å².